The van der Waals surface area contributed by atoms with Gasteiger partial charge in [-0.15, -0.1) is 11.3 Å². The molecule has 1 aromatic carbocycles. The predicted octanol–water partition coefficient (Wildman–Crippen LogP) is 2.24. The van der Waals surface area contributed by atoms with Crippen LogP contribution in [-0.4, -0.2) is 57.7 Å². The van der Waals surface area contributed by atoms with Gasteiger partial charge in [0.05, 0.1) is 16.6 Å². The lowest BCUT2D eigenvalue weighted by Gasteiger charge is -2.24. The lowest BCUT2D eigenvalue weighted by molar-refractivity contribution is -0.117. The maximum Gasteiger partial charge on any atom is 0.252 e. The number of sulfonamides is 2. The molecule has 8 nitrogen and oxygen atoms in total. The van der Waals surface area contributed by atoms with E-state index < -0.39 is 37.8 Å². The summed E-state index contributed by atoms with van der Waals surface area (Å²) >= 11 is 2.75. The molecule has 1 atom stereocenters. The van der Waals surface area contributed by atoms with E-state index in [1.54, 1.807) is 18.7 Å². The summed E-state index contributed by atoms with van der Waals surface area (Å²) in [6.45, 7) is 3.92. The van der Waals surface area contributed by atoms with Crippen LogP contribution in [-0.2, 0) is 24.8 Å². The molecule has 2 N–H and O–H groups in total. The van der Waals surface area contributed by atoms with Crippen molar-refractivity contribution in [1.82, 2.24) is 9.03 Å². The maximum absolute atomic E-state index is 13.0. The van der Waals surface area contributed by atoms with Crippen LogP contribution in [0.15, 0.2) is 39.4 Å². The Hall–Kier alpha value is -1.51. The van der Waals surface area contributed by atoms with Crippen LogP contribution in [0.5, 0.6) is 0 Å². The maximum atomic E-state index is 13.0. The Balaban J connectivity index is 1.71. The lowest BCUT2D eigenvalue weighted by Crippen LogP contribution is -2.41. The first-order chi connectivity index (χ1) is 14.5. The third-order valence-corrected chi connectivity index (χ3v) is 10.5. The molecule has 1 aliphatic heterocycles. The smallest absolute Gasteiger partial charge is 0.252 e. The lowest BCUT2D eigenvalue weighted by atomic mass is 10.3. The molecule has 1 aliphatic rings. The van der Waals surface area contributed by atoms with Gasteiger partial charge in [0, 0.05) is 29.5 Å². The third kappa shape index (κ3) is 5.65. The van der Waals surface area contributed by atoms with Crippen LogP contribution < -0.4 is 10.0 Å². The number of thiophene rings is 1. The summed E-state index contributed by atoms with van der Waals surface area (Å²) in [5.41, 5.74) is 0.313. The molecule has 0 spiro atoms. The molecule has 0 aliphatic carbocycles. The van der Waals surface area contributed by atoms with Crippen molar-refractivity contribution in [3.8, 4) is 0 Å². The summed E-state index contributed by atoms with van der Waals surface area (Å²) < 4.78 is 67.3. The van der Waals surface area contributed by atoms with E-state index in [-0.39, 0.29) is 9.10 Å². The van der Waals surface area contributed by atoms with Gasteiger partial charge in [-0.25, -0.2) is 21.2 Å². The fourth-order valence-corrected chi connectivity index (χ4v) is 8.16. The molecular formula is C18H22FN3O5S4. The number of aryl methyl sites for hydroxylation is 1. The zero-order chi connectivity index (χ0) is 22.8. The minimum absolute atomic E-state index is 0.131. The fourth-order valence-electron chi connectivity index (χ4n) is 2.83. The second-order valence-corrected chi connectivity index (χ2v) is 13.2. The number of anilines is 1. The van der Waals surface area contributed by atoms with Crippen molar-refractivity contribution in [3.05, 3.63) is 41.0 Å². The van der Waals surface area contributed by atoms with Crippen LogP contribution in [0.2, 0.25) is 0 Å². The molecule has 170 valence electrons. The number of hydrogen-bond acceptors (Lipinski definition) is 7. The first-order valence-electron chi connectivity index (χ1n) is 9.28. The van der Waals surface area contributed by atoms with Crippen molar-refractivity contribution in [2.75, 3.05) is 29.9 Å². The molecule has 1 aromatic heterocycles. The first-order valence-corrected chi connectivity index (χ1v) is 14.2. The van der Waals surface area contributed by atoms with Gasteiger partial charge in [-0.2, -0.15) is 20.8 Å². The molecule has 0 unspecified atom stereocenters. The molecule has 31 heavy (non-hydrogen) atoms. The fraction of sp³-hybridized carbons (Fsp3) is 0.389. The van der Waals surface area contributed by atoms with Crippen molar-refractivity contribution < 1.29 is 26.0 Å². The number of carbonyl (C=O) groups excluding carboxylic acids is 1. The number of halogens is 1. The third-order valence-electron chi connectivity index (χ3n) is 4.57. The number of amides is 1. The van der Waals surface area contributed by atoms with Crippen LogP contribution in [0, 0.1) is 12.7 Å². The van der Waals surface area contributed by atoms with Crippen LogP contribution in [0.25, 0.3) is 0 Å². The molecule has 2 heterocycles. The van der Waals surface area contributed by atoms with Gasteiger partial charge in [0.1, 0.15) is 10.0 Å². The van der Waals surface area contributed by atoms with Gasteiger partial charge in [-0.3, -0.25) is 4.79 Å². The SMILES string of the molecule is Cc1sc(S(=O)(=O)N2CCSCC2)cc1NC(=O)[C@@H](C)NS(=O)(=O)c1ccc(F)cc1. The Bertz CT molecular complexity index is 1160. The predicted molar refractivity (Wildman–Crippen MR) is 120 cm³/mol. The van der Waals surface area contributed by atoms with Crippen LogP contribution >= 0.6 is 23.1 Å². The van der Waals surface area contributed by atoms with Gasteiger partial charge in [-0.05, 0) is 44.2 Å². The number of nitrogens with one attached hydrogen (secondary N) is 2. The normalized spacial score (nSPS) is 16.7. The summed E-state index contributed by atoms with van der Waals surface area (Å²) in [5, 5.41) is 2.59. The van der Waals surface area contributed by atoms with E-state index >= 15 is 0 Å². The molecule has 1 saturated heterocycles. The van der Waals surface area contributed by atoms with Gasteiger partial charge in [0.2, 0.25) is 15.9 Å². The van der Waals surface area contributed by atoms with Crippen LogP contribution in [0.1, 0.15) is 11.8 Å². The summed E-state index contributed by atoms with van der Waals surface area (Å²) in [6.07, 6.45) is 0. The number of rotatable bonds is 7. The monoisotopic (exact) mass is 507 g/mol. The highest BCUT2D eigenvalue weighted by atomic mass is 32.2. The first kappa shape index (κ1) is 24.1. The second kappa shape index (κ2) is 9.55. The highest BCUT2D eigenvalue weighted by molar-refractivity contribution is 7.99. The summed E-state index contributed by atoms with van der Waals surface area (Å²) in [5.74, 6) is 0.245. The van der Waals surface area contributed by atoms with E-state index in [0.717, 1.165) is 47.1 Å². The number of hydrogen-bond donors (Lipinski definition) is 2. The summed E-state index contributed by atoms with van der Waals surface area (Å²) in [6, 6.07) is 4.47. The minimum atomic E-state index is -4.04. The molecule has 2 aromatic rings. The highest BCUT2D eigenvalue weighted by Gasteiger charge is 2.29. The molecule has 3 rings (SSSR count). The van der Waals surface area contributed by atoms with Gasteiger partial charge >= 0.3 is 0 Å². The average molecular weight is 508 g/mol. The molecule has 1 fully saturated rings. The molecule has 0 radical (unpaired) electrons. The van der Waals surface area contributed by atoms with Crippen molar-refractivity contribution >= 4 is 54.7 Å². The number of nitrogens with zero attached hydrogens (tertiary/aromatic N) is 1. The van der Waals surface area contributed by atoms with Crippen LogP contribution in [0.4, 0.5) is 10.1 Å². The van der Waals surface area contributed by atoms with Crippen molar-refractivity contribution in [1.29, 1.82) is 0 Å². The minimum Gasteiger partial charge on any atom is -0.324 e. The number of thioether (sulfide) groups is 1. The van der Waals surface area contributed by atoms with Gasteiger partial charge < -0.3 is 5.32 Å². The second-order valence-electron chi connectivity index (χ2n) is 6.84. The van der Waals surface area contributed by atoms with Crippen molar-refractivity contribution in [2.45, 2.75) is 29.0 Å². The Labute approximate surface area is 189 Å². The Morgan fingerprint density at radius 2 is 1.74 bits per heavy atom. The molecule has 13 heteroatoms. The van der Waals surface area contributed by atoms with Crippen molar-refractivity contribution in [3.63, 3.8) is 0 Å². The number of benzene rings is 1. The van der Waals surface area contributed by atoms with Gasteiger partial charge in [-0.1, -0.05) is 0 Å². The van der Waals surface area contributed by atoms with E-state index in [9.17, 15) is 26.0 Å². The highest BCUT2D eigenvalue weighted by Crippen LogP contribution is 2.32. The molecule has 1 amide bonds. The Morgan fingerprint density at radius 1 is 1.13 bits per heavy atom. The standard InChI is InChI=1S/C18H22FN3O5S4/c1-12(21-30(24,25)15-5-3-14(19)4-6-15)18(23)20-16-11-17(29-13(16)2)31(26,27)22-7-9-28-10-8-22/h3-6,11-12,21H,7-10H2,1-2H3,(H,20,23)/t12-/m1/s1. The Morgan fingerprint density at radius 3 is 2.35 bits per heavy atom. The summed E-state index contributed by atoms with van der Waals surface area (Å²) in [7, 11) is -7.68. The summed E-state index contributed by atoms with van der Waals surface area (Å²) in [4.78, 5) is 12.9. The molecular weight excluding hydrogens is 485 g/mol. The van der Waals surface area contributed by atoms with Gasteiger partial charge in [0.15, 0.2) is 0 Å². The quantitative estimate of drug-likeness (QED) is 0.594. The van der Waals surface area contributed by atoms with E-state index in [4.69, 9.17) is 0 Å². The van der Waals surface area contributed by atoms with E-state index in [1.165, 1.54) is 17.3 Å². The van der Waals surface area contributed by atoms with E-state index in [0.29, 0.717) is 23.7 Å². The van der Waals surface area contributed by atoms with Crippen molar-refractivity contribution in [2.24, 2.45) is 0 Å². The van der Waals surface area contributed by atoms with Gasteiger partial charge in [0.25, 0.3) is 10.0 Å². The topological polar surface area (TPSA) is 113 Å². The van der Waals surface area contributed by atoms with E-state index in [2.05, 4.69) is 10.0 Å². The average Bonchev–Trinajstić information content (AvgIpc) is 3.09. The zero-order valence-electron chi connectivity index (χ0n) is 16.8. The molecule has 0 bridgehead atoms. The number of carbonyl (C=O) groups is 1. The molecule has 0 saturated carbocycles. The zero-order valence-corrected chi connectivity index (χ0v) is 20.1. The van der Waals surface area contributed by atoms with E-state index in [1.807, 2.05) is 0 Å². The Kier molecular flexibility index (Phi) is 7.43. The van der Waals surface area contributed by atoms with Crippen LogP contribution in [0.3, 0.4) is 0 Å². The largest absolute Gasteiger partial charge is 0.324 e.